The lowest BCUT2D eigenvalue weighted by Gasteiger charge is -2.18. The van der Waals surface area contributed by atoms with Gasteiger partial charge < -0.3 is 14.2 Å². The summed E-state index contributed by atoms with van der Waals surface area (Å²) in [6, 6.07) is 0. The predicted molar refractivity (Wildman–Crippen MR) is 348 cm³/mol. The van der Waals surface area contributed by atoms with Gasteiger partial charge in [-0.05, 0) is 89.9 Å². The van der Waals surface area contributed by atoms with Crippen LogP contribution in [0, 0.1) is 0 Å². The molecule has 462 valence electrons. The van der Waals surface area contributed by atoms with Gasteiger partial charge in [-0.15, -0.1) is 0 Å². The second-order valence-electron chi connectivity index (χ2n) is 23.1. The molecule has 0 aromatic rings. The molecule has 0 heterocycles. The molecule has 6 nitrogen and oxygen atoms in total. The Hall–Kier alpha value is -3.41. The Morgan fingerprint density at radius 1 is 0.263 bits per heavy atom. The number of allylic oxidation sites excluding steroid dienone is 14. The van der Waals surface area contributed by atoms with Gasteiger partial charge in [0.05, 0.1) is 0 Å². The van der Waals surface area contributed by atoms with Crippen LogP contribution < -0.4 is 0 Å². The van der Waals surface area contributed by atoms with Crippen molar-refractivity contribution in [2.75, 3.05) is 13.2 Å². The molecule has 0 amide bonds. The fraction of sp³-hybridized carbons (Fsp3) is 0.770. The molecule has 1 atom stereocenters. The van der Waals surface area contributed by atoms with Gasteiger partial charge in [-0.1, -0.05) is 324 Å². The quantitative estimate of drug-likeness (QED) is 0.0261. The first kappa shape index (κ1) is 76.6. The van der Waals surface area contributed by atoms with Gasteiger partial charge in [0.1, 0.15) is 13.2 Å². The molecule has 0 aromatic heterocycles. The van der Waals surface area contributed by atoms with E-state index in [1.807, 2.05) is 0 Å². The summed E-state index contributed by atoms with van der Waals surface area (Å²) in [4.78, 5) is 38.2. The fourth-order valence-corrected chi connectivity index (χ4v) is 9.98. The van der Waals surface area contributed by atoms with E-state index in [9.17, 15) is 14.4 Å². The van der Waals surface area contributed by atoms with Gasteiger partial charge in [-0.3, -0.25) is 14.4 Å². The van der Waals surface area contributed by atoms with Crippen LogP contribution in [-0.4, -0.2) is 37.2 Å². The van der Waals surface area contributed by atoms with Crippen molar-refractivity contribution < 1.29 is 28.6 Å². The van der Waals surface area contributed by atoms with Crippen molar-refractivity contribution in [2.24, 2.45) is 0 Å². The molecule has 6 heteroatoms. The van der Waals surface area contributed by atoms with Crippen LogP contribution >= 0.6 is 0 Å². The van der Waals surface area contributed by atoms with E-state index >= 15 is 0 Å². The van der Waals surface area contributed by atoms with E-state index in [2.05, 4.69) is 106 Å². The highest BCUT2D eigenvalue weighted by atomic mass is 16.6. The Kier molecular flexibility index (Phi) is 65.2. The Balaban J connectivity index is 4.08. The van der Waals surface area contributed by atoms with Gasteiger partial charge in [-0.25, -0.2) is 0 Å². The van der Waals surface area contributed by atoms with E-state index in [1.165, 1.54) is 218 Å². The smallest absolute Gasteiger partial charge is 0.306 e. The molecule has 0 rings (SSSR count). The van der Waals surface area contributed by atoms with Gasteiger partial charge in [0.15, 0.2) is 6.10 Å². The van der Waals surface area contributed by atoms with Crippen LogP contribution in [0.25, 0.3) is 0 Å². The maximum atomic E-state index is 12.9. The van der Waals surface area contributed by atoms with Crippen molar-refractivity contribution in [1.82, 2.24) is 0 Å². The zero-order valence-corrected chi connectivity index (χ0v) is 53.1. The largest absolute Gasteiger partial charge is 0.462 e. The highest BCUT2D eigenvalue weighted by Gasteiger charge is 2.19. The summed E-state index contributed by atoms with van der Waals surface area (Å²) in [7, 11) is 0. The minimum absolute atomic E-state index is 0.0948. The Labute approximate surface area is 496 Å². The molecule has 0 aromatic carbocycles. The van der Waals surface area contributed by atoms with Gasteiger partial charge >= 0.3 is 17.9 Å². The molecule has 0 N–H and O–H groups in total. The van der Waals surface area contributed by atoms with E-state index in [0.29, 0.717) is 19.3 Å². The van der Waals surface area contributed by atoms with E-state index in [0.717, 1.165) is 83.5 Å². The lowest BCUT2D eigenvalue weighted by atomic mass is 10.0. The van der Waals surface area contributed by atoms with Crippen LogP contribution in [0.5, 0.6) is 0 Å². The average Bonchev–Trinajstić information content (AvgIpc) is 3.46. The third-order valence-corrected chi connectivity index (χ3v) is 15.1. The van der Waals surface area contributed by atoms with Gasteiger partial charge in [0, 0.05) is 19.3 Å². The Morgan fingerprint density at radius 2 is 0.500 bits per heavy atom. The number of unbranched alkanes of at least 4 members (excludes halogenated alkanes) is 38. The van der Waals surface area contributed by atoms with Gasteiger partial charge in [0.2, 0.25) is 0 Å². The number of carbonyl (C=O) groups excluding carboxylic acids is 3. The van der Waals surface area contributed by atoms with E-state index < -0.39 is 6.10 Å². The summed E-state index contributed by atoms with van der Waals surface area (Å²) in [5, 5.41) is 0. The Bertz CT molecular complexity index is 1520. The second-order valence-corrected chi connectivity index (χ2v) is 23.1. The monoisotopic (exact) mass is 1110 g/mol. The van der Waals surface area contributed by atoms with Crippen LogP contribution in [-0.2, 0) is 28.6 Å². The molecular formula is C74H130O6. The molecule has 1 unspecified atom stereocenters. The first-order valence-electron chi connectivity index (χ1n) is 34.6. The molecule has 0 fully saturated rings. The van der Waals surface area contributed by atoms with Crippen molar-refractivity contribution in [3.8, 4) is 0 Å². The summed E-state index contributed by atoms with van der Waals surface area (Å²) in [6.07, 6.45) is 90.7. The number of ether oxygens (including phenoxy) is 3. The van der Waals surface area contributed by atoms with Crippen LogP contribution in [0.2, 0.25) is 0 Å². The zero-order chi connectivity index (χ0) is 57.8. The number of rotatable bonds is 63. The van der Waals surface area contributed by atoms with Crippen molar-refractivity contribution in [2.45, 2.75) is 354 Å². The first-order valence-corrected chi connectivity index (χ1v) is 34.6. The SMILES string of the molecule is CC/C=C\C/C=C\C/C=C\C/C=C\C/C=C\CCCC(=O)OC(COC(=O)CCCCCCCCCCCC)COC(=O)CCCCCCCCCCCCCCCCCCCCCCCCC/C=C\C/C=C\CCCCCCC. The summed E-state index contributed by atoms with van der Waals surface area (Å²) in [5.41, 5.74) is 0. The van der Waals surface area contributed by atoms with Gasteiger partial charge in [0.25, 0.3) is 0 Å². The van der Waals surface area contributed by atoms with E-state index in [4.69, 9.17) is 14.2 Å². The molecule has 0 radical (unpaired) electrons. The summed E-state index contributed by atoms with van der Waals surface area (Å²) < 4.78 is 16.8. The van der Waals surface area contributed by atoms with Crippen molar-refractivity contribution >= 4 is 17.9 Å². The Morgan fingerprint density at radius 3 is 0.800 bits per heavy atom. The number of esters is 3. The number of hydrogen-bond donors (Lipinski definition) is 0. The third-order valence-electron chi connectivity index (χ3n) is 15.1. The standard InChI is InChI=1S/C74H130O6/c1-4-7-10-13-16-19-22-24-26-28-29-30-31-32-33-34-35-36-37-38-39-40-41-42-43-44-45-47-48-50-52-55-58-61-64-67-73(76)79-70-71(69-78-72(75)66-63-60-57-54-21-18-15-12-9-6-3)80-74(77)68-65-62-59-56-53-51-49-46-27-25-23-20-17-14-11-8-5-2/h8,11,17,20,22,24-25,27-29,49,51,56,59,71H,4-7,9-10,12-16,18-19,21,23,26,30-48,50,52-55,57-58,60-70H2,1-3H3/b11-8-,20-17-,24-22-,27-25-,29-28-,51-49-,59-56-. The zero-order valence-electron chi connectivity index (χ0n) is 53.1. The second kappa shape index (κ2) is 68.1. The average molecular weight is 1120 g/mol. The number of hydrogen-bond acceptors (Lipinski definition) is 6. The lowest BCUT2D eigenvalue weighted by Crippen LogP contribution is -2.30. The van der Waals surface area contributed by atoms with Crippen molar-refractivity contribution in [3.63, 3.8) is 0 Å². The van der Waals surface area contributed by atoms with Crippen LogP contribution in [0.3, 0.4) is 0 Å². The van der Waals surface area contributed by atoms with Crippen LogP contribution in [0.15, 0.2) is 85.1 Å². The van der Waals surface area contributed by atoms with Gasteiger partial charge in [-0.2, -0.15) is 0 Å². The summed E-state index contributed by atoms with van der Waals surface area (Å²) in [6.45, 7) is 6.49. The maximum absolute atomic E-state index is 12.9. The lowest BCUT2D eigenvalue weighted by molar-refractivity contribution is -0.167. The van der Waals surface area contributed by atoms with E-state index in [1.54, 1.807) is 0 Å². The molecule has 0 saturated heterocycles. The minimum atomic E-state index is -0.803. The molecule has 0 spiro atoms. The van der Waals surface area contributed by atoms with Crippen molar-refractivity contribution in [3.05, 3.63) is 85.1 Å². The molecular weight excluding hydrogens is 985 g/mol. The fourth-order valence-electron chi connectivity index (χ4n) is 9.98. The number of carbonyl (C=O) groups is 3. The first-order chi connectivity index (χ1) is 39.5. The summed E-state index contributed by atoms with van der Waals surface area (Å²) >= 11 is 0. The molecule has 0 saturated carbocycles. The topological polar surface area (TPSA) is 78.9 Å². The highest BCUT2D eigenvalue weighted by molar-refractivity contribution is 5.71. The summed E-state index contributed by atoms with van der Waals surface area (Å²) in [5.74, 6) is -0.941. The van der Waals surface area contributed by atoms with Crippen LogP contribution in [0.1, 0.15) is 348 Å². The van der Waals surface area contributed by atoms with Crippen molar-refractivity contribution in [1.29, 1.82) is 0 Å². The maximum Gasteiger partial charge on any atom is 0.306 e. The molecule has 0 aliphatic rings. The van der Waals surface area contributed by atoms with Crippen LogP contribution in [0.4, 0.5) is 0 Å². The normalized spacial score (nSPS) is 12.6. The third kappa shape index (κ3) is 65.4. The minimum Gasteiger partial charge on any atom is -0.462 e. The predicted octanol–water partition coefficient (Wildman–Crippen LogP) is 23.8. The molecule has 0 bridgehead atoms. The van der Waals surface area contributed by atoms with E-state index in [-0.39, 0.29) is 37.5 Å². The highest BCUT2D eigenvalue weighted by Crippen LogP contribution is 2.18. The molecule has 0 aliphatic carbocycles. The molecule has 80 heavy (non-hydrogen) atoms. The molecule has 0 aliphatic heterocycles.